The number of phenolic OH excluding ortho intramolecular Hbond substituents is 1. The van der Waals surface area contributed by atoms with E-state index in [1.165, 1.54) is 22.4 Å². The topological polar surface area (TPSA) is 32.7 Å². The summed E-state index contributed by atoms with van der Waals surface area (Å²) in [5, 5.41) is 10.9. The van der Waals surface area contributed by atoms with Crippen LogP contribution in [0, 0.1) is 0 Å². The van der Waals surface area contributed by atoms with Crippen LogP contribution in [0.3, 0.4) is 0 Å². The van der Waals surface area contributed by atoms with Gasteiger partial charge in [-0.15, -0.1) is 0 Å². The van der Waals surface area contributed by atoms with Crippen LogP contribution in [0.1, 0.15) is 40.6 Å². The third kappa shape index (κ3) is 4.36. The molecule has 1 heterocycles. The predicted octanol–water partition coefficient (Wildman–Crippen LogP) is 7.45. The molecule has 0 unspecified atom stereocenters. The van der Waals surface area contributed by atoms with E-state index < -0.39 is 0 Å². The number of fused-ring (bicyclic) bond motifs is 1. The van der Waals surface area contributed by atoms with Crippen LogP contribution < -0.4 is 9.64 Å². The molecule has 4 aromatic rings. The maximum Gasteiger partial charge on any atom is 0.120 e. The van der Waals surface area contributed by atoms with Gasteiger partial charge in [0.2, 0.25) is 0 Å². The highest BCUT2D eigenvalue weighted by Gasteiger charge is 2.35. The second kappa shape index (κ2) is 9.32. The summed E-state index contributed by atoms with van der Waals surface area (Å²) in [5.41, 5.74) is 5.96. The van der Waals surface area contributed by atoms with E-state index in [2.05, 4.69) is 93.6 Å². The first-order valence-corrected chi connectivity index (χ1v) is 11.9. The number of anilines is 1. The number of rotatable bonds is 5. The molecule has 3 nitrogen and oxygen atoms in total. The minimum absolute atomic E-state index is 0.0182. The Morgan fingerprint density at radius 2 is 1.61 bits per heavy atom. The van der Waals surface area contributed by atoms with Gasteiger partial charge in [-0.2, -0.15) is 0 Å². The molecule has 0 amide bonds. The molecule has 4 aromatic carbocycles. The van der Waals surface area contributed by atoms with Crippen LogP contribution >= 0.6 is 15.9 Å². The molecule has 1 aliphatic rings. The van der Waals surface area contributed by atoms with Crippen LogP contribution in [0.25, 0.3) is 0 Å². The second-order valence-corrected chi connectivity index (χ2v) is 9.37. The molecule has 0 saturated heterocycles. The fraction of sp³-hybridized carbons (Fsp3) is 0.172. The molecule has 0 radical (unpaired) electrons. The highest BCUT2D eigenvalue weighted by molar-refractivity contribution is 9.10. The molecule has 0 aliphatic carbocycles. The largest absolute Gasteiger partial charge is 0.508 e. The fourth-order valence-corrected chi connectivity index (χ4v) is 5.28. The van der Waals surface area contributed by atoms with Crippen molar-refractivity contribution >= 4 is 21.6 Å². The number of halogens is 1. The van der Waals surface area contributed by atoms with Crippen LogP contribution in [0.2, 0.25) is 0 Å². The average Bonchev–Trinajstić information content (AvgIpc) is 2.87. The molecule has 1 N–H and O–H groups in total. The number of ether oxygens (including phenoxy) is 1. The molecular weight excluding hydrogens is 474 g/mol. The molecule has 0 bridgehead atoms. The van der Waals surface area contributed by atoms with Crippen molar-refractivity contribution in [2.45, 2.75) is 24.9 Å². The number of aromatic hydroxyl groups is 1. The third-order valence-corrected chi connectivity index (χ3v) is 7.01. The maximum absolute atomic E-state index is 10.9. The van der Waals surface area contributed by atoms with E-state index in [4.69, 9.17) is 4.74 Å². The minimum Gasteiger partial charge on any atom is -0.508 e. The number of hydrogen-bond acceptors (Lipinski definition) is 3. The van der Waals surface area contributed by atoms with E-state index in [1.54, 1.807) is 13.2 Å². The van der Waals surface area contributed by atoms with Gasteiger partial charge >= 0.3 is 0 Å². The van der Waals surface area contributed by atoms with Crippen LogP contribution in [-0.4, -0.2) is 12.2 Å². The van der Waals surface area contributed by atoms with Gasteiger partial charge in [0, 0.05) is 28.2 Å². The van der Waals surface area contributed by atoms with E-state index in [0.717, 1.165) is 28.8 Å². The molecule has 33 heavy (non-hydrogen) atoms. The fourth-order valence-electron chi connectivity index (χ4n) is 4.90. The van der Waals surface area contributed by atoms with Crippen molar-refractivity contribution in [2.75, 3.05) is 12.0 Å². The van der Waals surface area contributed by atoms with E-state index in [1.807, 2.05) is 18.2 Å². The van der Waals surface area contributed by atoms with Crippen LogP contribution in [0.15, 0.2) is 102 Å². The molecule has 0 spiro atoms. The van der Waals surface area contributed by atoms with Gasteiger partial charge in [-0.3, -0.25) is 0 Å². The molecule has 4 heteroatoms. The zero-order valence-electron chi connectivity index (χ0n) is 18.5. The van der Waals surface area contributed by atoms with Gasteiger partial charge in [-0.1, -0.05) is 76.6 Å². The predicted molar refractivity (Wildman–Crippen MR) is 137 cm³/mol. The van der Waals surface area contributed by atoms with Crippen molar-refractivity contribution in [3.05, 3.63) is 124 Å². The van der Waals surface area contributed by atoms with Gasteiger partial charge in [-0.05, 0) is 59.5 Å². The standard InChI is InChI=1S/C29H26BrNO2/c1-33-23-14-11-20(12-15-23)19-31-27-10-6-5-9-24(27)25(21-7-3-2-4-8-21)18-28(31)26-17-22(30)13-16-29(26)32/h2-17,25,28,32H,18-19H2,1H3/t25-,28+/m0/s1. The molecule has 0 saturated carbocycles. The first-order chi connectivity index (χ1) is 16.1. The summed E-state index contributed by atoms with van der Waals surface area (Å²) in [6.45, 7) is 0.735. The summed E-state index contributed by atoms with van der Waals surface area (Å²) in [5.74, 6) is 1.43. The Bertz CT molecular complexity index is 1240. The van der Waals surface area contributed by atoms with E-state index in [9.17, 15) is 5.11 Å². The van der Waals surface area contributed by atoms with E-state index >= 15 is 0 Å². The number of nitrogens with zero attached hydrogens (tertiary/aromatic N) is 1. The van der Waals surface area contributed by atoms with E-state index in [0.29, 0.717) is 5.75 Å². The van der Waals surface area contributed by atoms with Crippen LogP contribution in [0.4, 0.5) is 5.69 Å². The number of phenols is 1. The normalized spacial score (nSPS) is 17.5. The van der Waals surface area contributed by atoms with Gasteiger partial charge in [0.1, 0.15) is 11.5 Å². The van der Waals surface area contributed by atoms with Crippen molar-refractivity contribution in [1.82, 2.24) is 0 Å². The number of para-hydroxylation sites is 1. The molecular formula is C29H26BrNO2. The minimum atomic E-state index is 0.0182. The van der Waals surface area contributed by atoms with Crippen molar-refractivity contribution in [3.8, 4) is 11.5 Å². The molecule has 0 fully saturated rings. The smallest absolute Gasteiger partial charge is 0.120 e. The maximum atomic E-state index is 10.9. The first kappa shape index (κ1) is 21.6. The van der Waals surface area contributed by atoms with Crippen molar-refractivity contribution < 1.29 is 9.84 Å². The molecule has 166 valence electrons. The Balaban J connectivity index is 1.64. The third-order valence-electron chi connectivity index (χ3n) is 6.52. The Hall–Kier alpha value is -3.24. The van der Waals surface area contributed by atoms with Crippen LogP contribution in [0.5, 0.6) is 11.5 Å². The lowest BCUT2D eigenvalue weighted by Crippen LogP contribution is -2.34. The van der Waals surface area contributed by atoms with Crippen molar-refractivity contribution in [3.63, 3.8) is 0 Å². The first-order valence-electron chi connectivity index (χ1n) is 11.2. The lowest BCUT2D eigenvalue weighted by molar-refractivity contribution is 0.414. The highest BCUT2D eigenvalue weighted by Crippen LogP contribution is 2.49. The zero-order valence-corrected chi connectivity index (χ0v) is 20.1. The lowest BCUT2D eigenvalue weighted by Gasteiger charge is -2.43. The summed E-state index contributed by atoms with van der Waals surface area (Å²) < 4.78 is 6.31. The summed E-state index contributed by atoms with van der Waals surface area (Å²) in [4.78, 5) is 2.43. The number of methoxy groups -OCH3 is 1. The SMILES string of the molecule is COc1ccc(CN2c3ccccc3[C@H](c3ccccc3)C[C@@H]2c2cc(Br)ccc2O)cc1. The Kier molecular flexibility index (Phi) is 6.10. The van der Waals surface area contributed by atoms with Gasteiger partial charge in [-0.25, -0.2) is 0 Å². The van der Waals surface area contributed by atoms with Gasteiger partial charge in [0.15, 0.2) is 0 Å². The van der Waals surface area contributed by atoms with Gasteiger partial charge < -0.3 is 14.7 Å². The monoisotopic (exact) mass is 499 g/mol. The number of benzene rings is 4. The van der Waals surface area contributed by atoms with Gasteiger partial charge in [0.25, 0.3) is 0 Å². The molecule has 5 rings (SSSR count). The van der Waals surface area contributed by atoms with Gasteiger partial charge in [0.05, 0.1) is 13.2 Å². The number of hydrogen-bond donors (Lipinski definition) is 1. The second-order valence-electron chi connectivity index (χ2n) is 8.45. The molecule has 2 atom stereocenters. The Morgan fingerprint density at radius 1 is 0.879 bits per heavy atom. The highest BCUT2D eigenvalue weighted by atomic mass is 79.9. The quantitative estimate of drug-likeness (QED) is 0.309. The molecule has 1 aliphatic heterocycles. The Morgan fingerprint density at radius 3 is 2.36 bits per heavy atom. The lowest BCUT2D eigenvalue weighted by atomic mass is 9.79. The summed E-state index contributed by atoms with van der Waals surface area (Å²) >= 11 is 3.61. The van der Waals surface area contributed by atoms with Crippen molar-refractivity contribution in [1.29, 1.82) is 0 Å². The summed E-state index contributed by atoms with van der Waals surface area (Å²) in [6.07, 6.45) is 0.876. The Labute approximate surface area is 203 Å². The average molecular weight is 500 g/mol. The molecule has 0 aromatic heterocycles. The summed E-state index contributed by atoms with van der Waals surface area (Å²) in [6, 6.07) is 33.3. The van der Waals surface area contributed by atoms with E-state index in [-0.39, 0.29) is 12.0 Å². The van der Waals surface area contributed by atoms with Crippen LogP contribution in [-0.2, 0) is 6.54 Å². The summed E-state index contributed by atoms with van der Waals surface area (Å²) in [7, 11) is 1.69. The zero-order chi connectivity index (χ0) is 22.8. The van der Waals surface area contributed by atoms with Crippen molar-refractivity contribution in [2.24, 2.45) is 0 Å².